The van der Waals surface area contributed by atoms with Crippen LogP contribution < -0.4 is 4.74 Å². The number of ether oxygens (including phenoxy) is 1. The van der Waals surface area contributed by atoms with Crippen LogP contribution in [0, 0.1) is 0 Å². The molecule has 1 atom stereocenters. The van der Waals surface area contributed by atoms with E-state index in [1.807, 2.05) is 36.4 Å². The number of methoxy groups -OCH3 is 1. The molecule has 2 rings (SSSR count). The third-order valence-electron chi connectivity index (χ3n) is 4.07. The van der Waals surface area contributed by atoms with Crippen molar-refractivity contribution in [3.8, 4) is 5.75 Å². The first-order valence-electron chi connectivity index (χ1n) is 8.19. The number of aliphatic hydroxyl groups excluding tert-OH is 1. The summed E-state index contributed by atoms with van der Waals surface area (Å²) in [5, 5.41) is 10.2. The second kappa shape index (κ2) is 9.16. The molecule has 0 amide bonds. The second-order valence-electron chi connectivity index (χ2n) is 5.94. The Hall–Kier alpha value is -2.06. The summed E-state index contributed by atoms with van der Waals surface area (Å²) >= 11 is 0. The molecule has 0 aliphatic heterocycles. The van der Waals surface area contributed by atoms with Crippen LogP contribution >= 0.6 is 0 Å². The van der Waals surface area contributed by atoms with Crippen LogP contribution in [0.15, 0.2) is 66.7 Å². The van der Waals surface area contributed by atoms with E-state index in [1.54, 1.807) is 7.11 Å². The summed E-state index contributed by atoms with van der Waals surface area (Å²) in [6.07, 6.45) is 3.80. The van der Waals surface area contributed by atoms with Crippen molar-refractivity contribution in [1.29, 1.82) is 0 Å². The maximum absolute atomic E-state index is 10.2. The molecule has 2 nitrogen and oxygen atoms in total. The quantitative estimate of drug-likeness (QED) is 0.688. The zero-order valence-corrected chi connectivity index (χ0v) is 13.9. The van der Waals surface area contributed by atoms with Crippen molar-refractivity contribution in [2.45, 2.75) is 38.2 Å². The number of aliphatic hydroxyl groups is 1. The van der Waals surface area contributed by atoms with E-state index in [0.29, 0.717) is 6.42 Å². The standard InChI is InChI=1S/C21H26O2/c1-17(12-14-19-10-6-7-11-21(19)23-2)16-20(22)15-13-18-8-4-3-5-9-18/h3-11,20,22H,1,12-16H2,2H3. The molecular formula is C21H26O2. The van der Waals surface area contributed by atoms with Gasteiger partial charge in [0.25, 0.3) is 0 Å². The first-order chi connectivity index (χ1) is 11.2. The van der Waals surface area contributed by atoms with Crippen molar-refractivity contribution in [2.75, 3.05) is 7.11 Å². The van der Waals surface area contributed by atoms with E-state index in [2.05, 4.69) is 24.8 Å². The van der Waals surface area contributed by atoms with Gasteiger partial charge < -0.3 is 9.84 Å². The molecule has 0 saturated carbocycles. The highest BCUT2D eigenvalue weighted by molar-refractivity contribution is 5.33. The van der Waals surface area contributed by atoms with E-state index in [9.17, 15) is 5.11 Å². The Morgan fingerprint density at radius 3 is 2.48 bits per heavy atom. The Morgan fingerprint density at radius 2 is 1.74 bits per heavy atom. The van der Waals surface area contributed by atoms with Crippen molar-refractivity contribution in [3.63, 3.8) is 0 Å². The van der Waals surface area contributed by atoms with Gasteiger partial charge in [-0.1, -0.05) is 60.7 Å². The molecule has 0 spiro atoms. The normalized spacial score (nSPS) is 11.9. The molecule has 2 aromatic carbocycles. The summed E-state index contributed by atoms with van der Waals surface area (Å²) in [4.78, 5) is 0. The highest BCUT2D eigenvalue weighted by Crippen LogP contribution is 2.22. The number of hydrogen-bond acceptors (Lipinski definition) is 2. The SMILES string of the molecule is C=C(CCc1ccccc1OC)CC(O)CCc1ccccc1. The Labute approximate surface area is 139 Å². The van der Waals surface area contributed by atoms with E-state index in [4.69, 9.17) is 4.74 Å². The number of rotatable bonds is 9. The summed E-state index contributed by atoms with van der Waals surface area (Å²) in [5.41, 5.74) is 3.55. The monoisotopic (exact) mass is 310 g/mol. The fourth-order valence-corrected chi connectivity index (χ4v) is 2.74. The van der Waals surface area contributed by atoms with Crippen LogP contribution in [-0.2, 0) is 12.8 Å². The lowest BCUT2D eigenvalue weighted by Gasteiger charge is -2.13. The van der Waals surface area contributed by atoms with Gasteiger partial charge in [0.05, 0.1) is 13.2 Å². The molecule has 0 heterocycles. The number of benzene rings is 2. The molecule has 23 heavy (non-hydrogen) atoms. The zero-order valence-electron chi connectivity index (χ0n) is 13.9. The summed E-state index contributed by atoms with van der Waals surface area (Å²) in [7, 11) is 1.70. The van der Waals surface area contributed by atoms with Crippen molar-refractivity contribution >= 4 is 0 Å². The van der Waals surface area contributed by atoms with Gasteiger partial charge in [0.1, 0.15) is 5.75 Å². The first-order valence-corrected chi connectivity index (χ1v) is 8.19. The molecule has 0 bridgehead atoms. The average molecular weight is 310 g/mol. The molecule has 0 fully saturated rings. The first kappa shape index (κ1) is 17.3. The van der Waals surface area contributed by atoms with Crippen molar-refractivity contribution in [3.05, 3.63) is 77.9 Å². The average Bonchev–Trinajstić information content (AvgIpc) is 2.59. The van der Waals surface area contributed by atoms with Crippen LogP contribution in [0.1, 0.15) is 30.4 Å². The smallest absolute Gasteiger partial charge is 0.122 e. The molecule has 122 valence electrons. The lowest BCUT2D eigenvalue weighted by Crippen LogP contribution is -2.09. The zero-order chi connectivity index (χ0) is 16.5. The lowest BCUT2D eigenvalue weighted by atomic mass is 9.98. The van der Waals surface area contributed by atoms with Crippen LogP contribution in [0.5, 0.6) is 5.75 Å². The molecule has 2 heteroatoms. The van der Waals surface area contributed by atoms with Gasteiger partial charge in [-0.2, -0.15) is 0 Å². The van der Waals surface area contributed by atoms with Crippen molar-refractivity contribution < 1.29 is 9.84 Å². The predicted octanol–water partition coefficient (Wildman–Crippen LogP) is 4.57. The van der Waals surface area contributed by atoms with Gasteiger partial charge >= 0.3 is 0 Å². The maximum atomic E-state index is 10.2. The Morgan fingerprint density at radius 1 is 1.04 bits per heavy atom. The van der Waals surface area contributed by atoms with Gasteiger partial charge in [-0.3, -0.25) is 0 Å². The van der Waals surface area contributed by atoms with Crippen molar-refractivity contribution in [1.82, 2.24) is 0 Å². The summed E-state index contributed by atoms with van der Waals surface area (Å²) in [6.45, 7) is 4.12. The van der Waals surface area contributed by atoms with E-state index < -0.39 is 0 Å². The van der Waals surface area contributed by atoms with Gasteiger partial charge in [-0.05, 0) is 49.3 Å². The number of para-hydroxylation sites is 1. The molecule has 0 radical (unpaired) electrons. The second-order valence-corrected chi connectivity index (χ2v) is 5.94. The molecule has 0 saturated heterocycles. The van der Waals surface area contributed by atoms with Crippen LogP contribution in [0.4, 0.5) is 0 Å². The number of hydrogen-bond donors (Lipinski definition) is 1. The molecule has 2 aromatic rings. The van der Waals surface area contributed by atoms with Gasteiger partial charge in [0.2, 0.25) is 0 Å². The third-order valence-corrected chi connectivity index (χ3v) is 4.07. The van der Waals surface area contributed by atoms with Gasteiger partial charge in [-0.25, -0.2) is 0 Å². The molecule has 0 aliphatic carbocycles. The topological polar surface area (TPSA) is 29.5 Å². The minimum Gasteiger partial charge on any atom is -0.496 e. The summed E-state index contributed by atoms with van der Waals surface area (Å²) < 4.78 is 5.37. The van der Waals surface area contributed by atoms with E-state index >= 15 is 0 Å². The highest BCUT2D eigenvalue weighted by Gasteiger charge is 2.08. The van der Waals surface area contributed by atoms with Crippen LogP contribution in [0.25, 0.3) is 0 Å². The Bertz CT molecular complexity index is 604. The molecular weight excluding hydrogens is 284 g/mol. The van der Waals surface area contributed by atoms with Gasteiger partial charge in [-0.15, -0.1) is 0 Å². The predicted molar refractivity (Wildman–Crippen MR) is 95.8 cm³/mol. The Balaban J connectivity index is 1.73. The minimum atomic E-state index is -0.319. The summed E-state index contributed by atoms with van der Waals surface area (Å²) in [5.74, 6) is 0.921. The largest absolute Gasteiger partial charge is 0.496 e. The summed E-state index contributed by atoms with van der Waals surface area (Å²) in [6, 6.07) is 18.3. The van der Waals surface area contributed by atoms with E-state index in [-0.39, 0.29) is 6.10 Å². The van der Waals surface area contributed by atoms with Crippen molar-refractivity contribution in [2.24, 2.45) is 0 Å². The van der Waals surface area contributed by atoms with Gasteiger partial charge in [0, 0.05) is 0 Å². The van der Waals surface area contributed by atoms with E-state index in [0.717, 1.165) is 37.0 Å². The van der Waals surface area contributed by atoms with Crippen LogP contribution in [-0.4, -0.2) is 18.3 Å². The molecule has 0 aliphatic rings. The molecule has 1 unspecified atom stereocenters. The minimum absolute atomic E-state index is 0.319. The number of aryl methyl sites for hydroxylation is 2. The van der Waals surface area contributed by atoms with Crippen LogP contribution in [0.2, 0.25) is 0 Å². The van der Waals surface area contributed by atoms with E-state index in [1.165, 1.54) is 11.1 Å². The highest BCUT2D eigenvalue weighted by atomic mass is 16.5. The molecule has 0 aromatic heterocycles. The molecule has 1 N–H and O–H groups in total. The third kappa shape index (κ3) is 5.91. The Kier molecular flexibility index (Phi) is 6.89. The fraction of sp³-hybridized carbons (Fsp3) is 0.333. The fourth-order valence-electron chi connectivity index (χ4n) is 2.74. The van der Waals surface area contributed by atoms with Crippen LogP contribution in [0.3, 0.4) is 0 Å². The lowest BCUT2D eigenvalue weighted by molar-refractivity contribution is 0.164. The maximum Gasteiger partial charge on any atom is 0.122 e. The van der Waals surface area contributed by atoms with Gasteiger partial charge in [0.15, 0.2) is 0 Å².